The second-order valence-corrected chi connectivity index (χ2v) is 3.99. The number of carbonyl (C=O) groups is 2. The highest BCUT2D eigenvalue weighted by Gasteiger charge is 2.10. The smallest absolute Gasteiger partial charge is 0.335 e. The Morgan fingerprint density at radius 2 is 2.15 bits per heavy atom. The zero-order chi connectivity index (χ0) is 14.5. The number of carboxylic acid groups (broad SMARTS) is 1. The Morgan fingerprint density at radius 1 is 1.35 bits per heavy atom. The minimum atomic E-state index is -1.15. The van der Waals surface area contributed by atoms with Gasteiger partial charge in [-0.25, -0.2) is 9.78 Å². The number of phenolic OH excluding ortho intramolecular Hbond substituents is 1. The molecule has 20 heavy (non-hydrogen) atoms. The average molecular weight is 276 g/mol. The number of nitrogens with one attached hydrogen (secondary N) is 1. The van der Waals surface area contributed by atoms with Crippen LogP contribution >= 0.6 is 0 Å². The molecule has 0 aliphatic carbocycles. The number of amides is 1. The summed E-state index contributed by atoms with van der Waals surface area (Å²) in [5.41, 5.74) is 0.113. The molecule has 8 heteroatoms. The summed E-state index contributed by atoms with van der Waals surface area (Å²) in [6.07, 6.45) is 3.02. The molecule has 3 N–H and O–H groups in total. The van der Waals surface area contributed by atoms with Gasteiger partial charge in [0, 0.05) is 6.42 Å². The Bertz CT molecular complexity index is 624. The third-order valence-electron chi connectivity index (χ3n) is 2.55. The number of aryl methyl sites for hydroxylation is 1. The second kappa shape index (κ2) is 5.83. The largest absolute Gasteiger partial charge is 0.506 e. The molecule has 0 aliphatic rings. The summed E-state index contributed by atoms with van der Waals surface area (Å²) in [5, 5.41) is 24.7. The van der Waals surface area contributed by atoms with Gasteiger partial charge in [-0.2, -0.15) is 5.10 Å². The van der Waals surface area contributed by atoms with Crippen LogP contribution in [0.3, 0.4) is 0 Å². The van der Waals surface area contributed by atoms with Crippen LogP contribution in [0.4, 0.5) is 5.69 Å². The fourth-order valence-corrected chi connectivity index (χ4v) is 1.55. The minimum Gasteiger partial charge on any atom is -0.506 e. The first-order valence-corrected chi connectivity index (χ1v) is 5.75. The Labute approximate surface area is 113 Å². The summed E-state index contributed by atoms with van der Waals surface area (Å²) in [4.78, 5) is 26.1. The van der Waals surface area contributed by atoms with Gasteiger partial charge in [-0.1, -0.05) is 0 Å². The van der Waals surface area contributed by atoms with Gasteiger partial charge in [-0.05, 0) is 18.2 Å². The highest BCUT2D eigenvalue weighted by molar-refractivity contribution is 5.94. The highest BCUT2D eigenvalue weighted by Crippen LogP contribution is 2.24. The molecule has 0 aliphatic heterocycles. The fraction of sp³-hybridized carbons (Fsp3) is 0.167. The van der Waals surface area contributed by atoms with Crippen LogP contribution in [0.15, 0.2) is 30.9 Å². The molecule has 0 saturated carbocycles. The van der Waals surface area contributed by atoms with Gasteiger partial charge in [0.15, 0.2) is 0 Å². The number of carbonyl (C=O) groups excluding carboxylic acids is 1. The molecule has 8 nitrogen and oxygen atoms in total. The van der Waals surface area contributed by atoms with Crippen molar-refractivity contribution in [3.63, 3.8) is 0 Å². The molecule has 104 valence electrons. The van der Waals surface area contributed by atoms with Crippen LogP contribution < -0.4 is 5.32 Å². The van der Waals surface area contributed by atoms with Crippen LogP contribution in [0, 0.1) is 0 Å². The lowest BCUT2D eigenvalue weighted by atomic mass is 10.2. The molecule has 2 rings (SSSR count). The van der Waals surface area contributed by atoms with Gasteiger partial charge >= 0.3 is 5.97 Å². The molecular weight excluding hydrogens is 264 g/mol. The summed E-state index contributed by atoms with van der Waals surface area (Å²) in [6, 6.07) is 3.72. The predicted octanol–water partition coefficient (Wildman–Crippen LogP) is 0.711. The molecule has 0 unspecified atom stereocenters. The van der Waals surface area contributed by atoms with Crippen LogP contribution in [0.5, 0.6) is 5.75 Å². The van der Waals surface area contributed by atoms with E-state index < -0.39 is 5.97 Å². The van der Waals surface area contributed by atoms with E-state index in [-0.39, 0.29) is 29.3 Å². The Hall–Kier alpha value is -2.90. The SMILES string of the molecule is O=C(CCn1cncn1)Nc1ccc(C(=O)O)cc1O. The number of aromatic nitrogens is 3. The van der Waals surface area contributed by atoms with Crippen LogP contribution in [-0.4, -0.2) is 36.9 Å². The van der Waals surface area contributed by atoms with E-state index in [4.69, 9.17) is 5.11 Å². The zero-order valence-electron chi connectivity index (χ0n) is 10.4. The predicted molar refractivity (Wildman–Crippen MR) is 68.3 cm³/mol. The summed E-state index contributed by atoms with van der Waals surface area (Å²) in [5.74, 6) is -1.76. The van der Waals surface area contributed by atoms with Crippen LogP contribution in [0.25, 0.3) is 0 Å². The number of nitrogens with zero attached hydrogens (tertiary/aromatic N) is 3. The van der Waals surface area contributed by atoms with Crippen molar-refractivity contribution >= 4 is 17.6 Å². The molecule has 1 heterocycles. The normalized spacial score (nSPS) is 10.2. The molecule has 0 atom stereocenters. The van der Waals surface area contributed by atoms with E-state index in [9.17, 15) is 14.7 Å². The third kappa shape index (κ3) is 3.31. The average Bonchev–Trinajstić information content (AvgIpc) is 2.91. The summed E-state index contributed by atoms with van der Waals surface area (Å²) in [7, 11) is 0. The van der Waals surface area contributed by atoms with Crippen molar-refractivity contribution in [2.24, 2.45) is 0 Å². The molecule has 0 fully saturated rings. The lowest BCUT2D eigenvalue weighted by Crippen LogP contribution is -2.15. The first-order valence-electron chi connectivity index (χ1n) is 5.75. The molecule has 0 spiro atoms. The minimum absolute atomic E-state index is 0.0527. The molecule has 2 aromatic rings. The van der Waals surface area contributed by atoms with Gasteiger partial charge in [0.05, 0.1) is 17.8 Å². The summed E-state index contributed by atoms with van der Waals surface area (Å²) >= 11 is 0. The number of carboxylic acids is 1. The Morgan fingerprint density at radius 3 is 2.75 bits per heavy atom. The number of rotatable bonds is 5. The first-order chi connectivity index (χ1) is 9.56. The van der Waals surface area contributed by atoms with Crippen molar-refractivity contribution in [3.05, 3.63) is 36.4 Å². The van der Waals surface area contributed by atoms with E-state index in [0.29, 0.717) is 6.54 Å². The molecule has 0 bridgehead atoms. The number of hydrogen-bond acceptors (Lipinski definition) is 5. The number of aromatic hydroxyl groups is 1. The Kier molecular flexibility index (Phi) is 3.94. The second-order valence-electron chi connectivity index (χ2n) is 3.99. The van der Waals surface area contributed by atoms with E-state index in [1.54, 1.807) is 0 Å². The molecular formula is C12H12N4O4. The highest BCUT2D eigenvalue weighted by atomic mass is 16.4. The molecule has 1 aromatic heterocycles. The van der Waals surface area contributed by atoms with Crippen molar-refractivity contribution in [1.29, 1.82) is 0 Å². The zero-order valence-corrected chi connectivity index (χ0v) is 10.4. The van der Waals surface area contributed by atoms with Crippen molar-refractivity contribution in [2.45, 2.75) is 13.0 Å². The van der Waals surface area contributed by atoms with E-state index >= 15 is 0 Å². The van der Waals surface area contributed by atoms with Crippen molar-refractivity contribution in [1.82, 2.24) is 14.8 Å². The maximum atomic E-state index is 11.7. The van der Waals surface area contributed by atoms with Crippen LogP contribution in [0.1, 0.15) is 16.8 Å². The molecule has 0 radical (unpaired) electrons. The van der Waals surface area contributed by atoms with E-state index in [0.717, 1.165) is 6.07 Å². The van der Waals surface area contributed by atoms with Gasteiger partial charge in [0.1, 0.15) is 18.4 Å². The maximum Gasteiger partial charge on any atom is 0.335 e. The number of hydrogen-bond donors (Lipinski definition) is 3. The van der Waals surface area contributed by atoms with E-state index in [1.165, 1.54) is 29.5 Å². The van der Waals surface area contributed by atoms with Gasteiger partial charge in [0.25, 0.3) is 0 Å². The van der Waals surface area contributed by atoms with E-state index in [2.05, 4.69) is 15.4 Å². The van der Waals surface area contributed by atoms with Crippen molar-refractivity contribution < 1.29 is 19.8 Å². The lowest BCUT2D eigenvalue weighted by molar-refractivity contribution is -0.116. The monoisotopic (exact) mass is 276 g/mol. The maximum absolute atomic E-state index is 11.7. The number of benzene rings is 1. The van der Waals surface area contributed by atoms with E-state index in [1.807, 2.05) is 0 Å². The van der Waals surface area contributed by atoms with Gasteiger partial charge in [-0.3, -0.25) is 9.48 Å². The number of anilines is 1. The van der Waals surface area contributed by atoms with Gasteiger partial charge < -0.3 is 15.5 Å². The topological polar surface area (TPSA) is 117 Å². The fourth-order valence-electron chi connectivity index (χ4n) is 1.55. The quantitative estimate of drug-likeness (QED) is 0.692. The van der Waals surface area contributed by atoms with Crippen LogP contribution in [-0.2, 0) is 11.3 Å². The van der Waals surface area contributed by atoms with Crippen molar-refractivity contribution in [2.75, 3.05) is 5.32 Å². The third-order valence-corrected chi connectivity index (χ3v) is 2.55. The number of phenols is 1. The molecule has 1 aromatic carbocycles. The van der Waals surface area contributed by atoms with Crippen molar-refractivity contribution in [3.8, 4) is 5.75 Å². The van der Waals surface area contributed by atoms with Gasteiger partial charge in [-0.15, -0.1) is 0 Å². The molecule has 1 amide bonds. The first kappa shape index (κ1) is 13.5. The standard InChI is InChI=1S/C12H12N4O4/c17-10-5-8(12(19)20)1-2-9(10)15-11(18)3-4-16-7-13-6-14-16/h1-2,5-7,17H,3-4H2,(H,15,18)(H,19,20). The summed E-state index contributed by atoms with van der Waals surface area (Å²) < 4.78 is 1.51. The van der Waals surface area contributed by atoms with Gasteiger partial charge in [0.2, 0.25) is 5.91 Å². The lowest BCUT2D eigenvalue weighted by Gasteiger charge is -2.08. The molecule has 0 saturated heterocycles. The Balaban J connectivity index is 1.95. The summed E-state index contributed by atoms with van der Waals surface area (Å²) in [6.45, 7) is 0.361. The van der Waals surface area contributed by atoms with Crippen LogP contribution in [0.2, 0.25) is 0 Å². The number of aromatic carboxylic acids is 1.